The summed E-state index contributed by atoms with van der Waals surface area (Å²) in [5.41, 5.74) is 6.85. The van der Waals surface area contributed by atoms with Crippen LogP contribution in [0.4, 0.5) is 0 Å². The van der Waals surface area contributed by atoms with E-state index in [1.807, 2.05) is 24.0 Å². The molecule has 1 aromatic rings. The minimum Gasteiger partial charge on any atom is -0.330 e. The Kier molecular flexibility index (Phi) is 2.52. The first-order valence-electron chi connectivity index (χ1n) is 4.32. The van der Waals surface area contributed by atoms with Crippen LogP contribution in [0, 0.1) is 0 Å². The maximum atomic E-state index is 5.71. The van der Waals surface area contributed by atoms with Gasteiger partial charge in [-0.25, -0.2) is 0 Å². The maximum Gasteiger partial charge on any atom is 0.0695 e. The predicted octanol–water partition coefficient (Wildman–Crippen LogP) is 1.05. The first-order chi connectivity index (χ1) is 5.62. The van der Waals surface area contributed by atoms with Crippen LogP contribution in [-0.4, -0.2) is 16.3 Å². The lowest BCUT2D eigenvalue weighted by molar-refractivity contribution is 0.447. The summed E-state index contributed by atoms with van der Waals surface area (Å²) in [6.07, 6.45) is 2.99. The van der Waals surface area contributed by atoms with E-state index in [1.54, 1.807) is 0 Å². The monoisotopic (exact) mass is 167 g/mol. The Morgan fingerprint density at radius 2 is 2.33 bits per heavy atom. The maximum absolute atomic E-state index is 5.71. The summed E-state index contributed by atoms with van der Waals surface area (Å²) in [4.78, 5) is 0. The zero-order chi connectivity index (χ0) is 9.19. The Morgan fingerprint density at radius 1 is 1.67 bits per heavy atom. The second-order valence-electron chi connectivity index (χ2n) is 3.49. The SMILES string of the molecule is CCC(C)(CN)c1ccn(C)n1. The van der Waals surface area contributed by atoms with Gasteiger partial charge in [0.2, 0.25) is 0 Å². The number of nitrogens with two attached hydrogens (primary N) is 1. The van der Waals surface area contributed by atoms with Crippen molar-refractivity contribution >= 4 is 0 Å². The Labute approximate surface area is 73.6 Å². The van der Waals surface area contributed by atoms with Crippen molar-refractivity contribution in [3.63, 3.8) is 0 Å². The summed E-state index contributed by atoms with van der Waals surface area (Å²) in [5, 5.41) is 4.36. The molecular weight excluding hydrogens is 150 g/mol. The molecule has 3 heteroatoms. The largest absolute Gasteiger partial charge is 0.330 e. The molecule has 0 spiro atoms. The third-order valence-corrected chi connectivity index (χ3v) is 2.56. The summed E-state index contributed by atoms with van der Waals surface area (Å²) in [5.74, 6) is 0. The second kappa shape index (κ2) is 3.27. The van der Waals surface area contributed by atoms with Crippen LogP contribution >= 0.6 is 0 Å². The molecule has 0 amide bonds. The van der Waals surface area contributed by atoms with E-state index in [2.05, 4.69) is 18.9 Å². The first kappa shape index (κ1) is 9.26. The highest BCUT2D eigenvalue weighted by molar-refractivity contribution is 5.13. The molecule has 1 rings (SSSR count). The van der Waals surface area contributed by atoms with Gasteiger partial charge in [-0.3, -0.25) is 4.68 Å². The van der Waals surface area contributed by atoms with Crippen molar-refractivity contribution in [1.82, 2.24) is 9.78 Å². The lowest BCUT2D eigenvalue weighted by Crippen LogP contribution is -2.31. The van der Waals surface area contributed by atoms with Crippen LogP contribution < -0.4 is 5.73 Å². The van der Waals surface area contributed by atoms with Crippen LogP contribution in [0.1, 0.15) is 26.0 Å². The van der Waals surface area contributed by atoms with Gasteiger partial charge in [0.25, 0.3) is 0 Å². The Morgan fingerprint density at radius 3 is 2.67 bits per heavy atom. The fraction of sp³-hybridized carbons (Fsp3) is 0.667. The van der Waals surface area contributed by atoms with Crippen LogP contribution in [0.3, 0.4) is 0 Å². The molecule has 68 valence electrons. The summed E-state index contributed by atoms with van der Waals surface area (Å²) in [7, 11) is 1.93. The zero-order valence-corrected chi connectivity index (χ0v) is 8.04. The standard InChI is InChI=1S/C9H17N3/c1-4-9(2,7-10)8-5-6-12(3)11-8/h5-6H,4,7,10H2,1-3H3. The van der Waals surface area contributed by atoms with Gasteiger partial charge >= 0.3 is 0 Å². The van der Waals surface area contributed by atoms with E-state index in [-0.39, 0.29) is 5.41 Å². The molecule has 0 saturated carbocycles. The van der Waals surface area contributed by atoms with E-state index < -0.39 is 0 Å². The molecule has 2 N–H and O–H groups in total. The first-order valence-corrected chi connectivity index (χ1v) is 4.32. The minimum absolute atomic E-state index is 0.0429. The summed E-state index contributed by atoms with van der Waals surface area (Å²) < 4.78 is 1.82. The van der Waals surface area contributed by atoms with E-state index in [1.165, 1.54) is 0 Å². The number of rotatable bonds is 3. The van der Waals surface area contributed by atoms with Gasteiger partial charge in [-0.15, -0.1) is 0 Å². The van der Waals surface area contributed by atoms with Gasteiger partial charge in [0.1, 0.15) is 0 Å². The topological polar surface area (TPSA) is 43.8 Å². The van der Waals surface area contributed by atoms with Gasteiger partial charge in [0, 0.05) is 25.2 Å². The molecule has 1 unspecified atom stereocenters. The average Bonchev–Trinajstić information content (AvgIpc) is 2.51. The fourth-order valence-electron chi connectivity index (χ4n) is 1.17. The molecular formula is C9H17N3. The number of hydrogen-bond acceptors (Lipinski definition) is 2. The minimum atomic E-state index is 0.0429. The number of nitrogens with zero attached hydrogens (tertiary/aromatic N) is 2. The van der Waals surface area contributed by atoms with Crippen molar-refractivity contribution in [3.8, 4) is 0 Å². The highest BCUT2D eigenvalue weighted by atomic mass is 15.2. The summed E-state index contributed by atoms with van der Waals surface area (Å²) >= 11 is 0. The molecule has 0 saturated heterocycles. The number of hydrogen-bond donors (Lipinski definition) is 1. The Balaban J connectivity index is 2.94. The van der Waals surface area contributed by atoms with Gasteiger partial charge in [0.05, 0.1) is 5.69 Å². The third-order valence-electron chi connectivity index (χ3n) is 2.56. The molecule has 0 aliphatic heterocycles. The van der Waals surface area contributed by atoms with Crippen LogP contribution in [0.5, 0.6) is 0 Å². The molecule has 0 aliphatic rings. The molecule has 0 bridgehead atoms. The fourth-order valence-corrected chi connectivity index (χ4v) is 1.17. The zero-order valence-electron chi connectivity index (χ0n) is 8.04. The van der Waals surface area contributed by atoms with Crippen molar-refractivity contribution in [3.05, 3.63) is 18.0 Å². The molecule has 0 aliphatic carbocycles. The van der Waals surface area contributed by atoms with E-state index in [0.29, 0.717) is 6.54 Å². The predicted molar refractivity (Wildman–Crippen MR) is 49.9 cm³/mol. The molecule has 0 radical (unpaired) electrons. The van der Waals surface area contributed by atoms with Crippen LogP contribution in [-0.2, 0) is 12.5 Å². The van der Waals surface area contributed by atoms with Crippen molar-refractivity contribution < 1.29 is 0 Å². The van der Waals surface area contributed by atoms with Crippen LogP contribution in [0.15, 0.2) is 12.3 Å². The number of aryl methyl sites for hydroxylation is 1. The van der Waals surface area contributed by atoms with Crippen LogP contribution in [0.2, 0.25) is 0 Å². The Hall–Kier alpha value is -0.830. The molecule has 1 aromatic heterocycles. The molecule has 0 fully saturated rings. The lowest BCUT2D eigenvalue weighted by atomic mass is 9.84. The highest BCUT2D eigenvalue weighted by Gasteiger charge is 2.24. The quantitative estimate of drug-likeness (QED) is 0.731. The van der Waals surface area contributed by atoms with E-state index in [9.17, 15) is 0 Å². The van der Waals surface area contributed by atoms with Gasteiger partial charge < -0.3 is 5.73 Å². The second-order valence-corrected chi connectivity index (χ2v) is 3.49. The average molecular weight is 167 g/mol. The Bertz CT molecular complexity index is 248. The van der Waals surface area contributed by atoms with Gasteiger partial charge in [-0.05, 0) is 12.5 Å². The molecule has 3 nitrogen and oxygen atoms in total. The number of aromatic nitrogens is 2. The van der Waals surface area contributed by atoms with Crippen molar-refractivity contribution in [2.24, 2.45) is 12.8 Å². The van der Waals surface area contributed by atoms with E-state index >= 15 is 0 Å². The molecule has 1 atom stereocenters. The van der Waals surface area contributed by atoms with Gasteiger partial charge in [0.15, 0.2) is 0 Å². The summed E-state index contributed by atoms with van der Waals surface area (Å²) in [6, 6.07) is 2.04. The van der Waals surface area contributed by atoms with Crippen LogP contribution in [0.25, 0.3) is 0 Å². The van der Waals surface area contributed by atoms with Crippen molar-refractivity contribution in [1.29, 1.82) is 0 Å². The summed E-state index contributed by atoms with van der Waals surface area (Å²) in [6.45, 7) is 4.94. The van der Waals surface area contributed by atoms with Crippen molar-refractivity contribution in [2.45, 2.75) is 25.7 Å². The van der Waals surface area contributed by atoms with Gasteiger partial charge in [-0.1, -0.05) is 13.8 Å². The smallest absolute Gasteiger partial charge is 0.0695 e. The molecule has 1 heterocycles. The lowest BCUT2D eigenvalue weighted by Gasteiger charge is -2.23. The van der Waals surface area contributed by atoms with Gasteiger partial charge in [-0.2, -0.15) is 5.10 Å². The van der Waals surface area contributed by atoms with E-state index in [4.69, 9.17) is 5.73 Å². The highest BCUT2D eigenvalue weighted by Crippen LogP contribution is 2.23. The van der Waals surface area contributed by atoms with Crippen molar-refractivity contribution in [2.75, 3.05) is 6.54 Å². The van der Waals surface area contributed by atoms with E-state index in [0.717, 1.165) is 12.1 Å². The molecule has 0 aromatic carbocycles. The third kappa shape index (κ3) is 1.50. The molecule has 12 heavy (non-hydrogen) atoms. The normalized spacial score (nSPS) is 16.0.